The van der Waals surface area contributed by atoms with Gasteiger partial charge in [-0.3, -0.25) is 4.79 Å². The smallest absolute Gasteiger partial charge is 0.227 e. The predicted molar refractivity (Wildman–Crippen MR) is 65.1 cm³/mol. The van der Waals surface area contributed by atoms with Crippen LogP contribution < -0.4 is 11.1 Å². The molecule has 3 atom stereocenters. The summed E-state index contributed by atoms with van der Waals surface area (Å²) < 4.78 is 22.6. The number of nitrogens with one attached hydrogen (secondary N) is 1. The average Bonchev–Trinajstić information content (AvgIpc) is 2.72. The third-order valence-electron chi connectivity index (χ3n) is 4.12. The molecule has 0 spiro atoms. The molecule has 0 bridgehead atoms. The lowest BCUT2D eigenvalue weighted by molar-refractivity contribution is -0.131. The van der Waals surface area contributed by atoms with Crippen molar-refractivity contribution in [1.29, 1.82) is 0 Å². The van der Waals surface area contributed by atoms with Gasteiger partial charge in [-0.05, 0) is 26.2 Å². The van der Waals surface area contributed by atoms with Gasteiger partial charge in [-0.2, -0.15) is 0 Å². The molecule has 98 valence electrons. The lowest BCUT2D eigenvalue weighted by Crippen LogP contribution is -2.50. The quantitative estimate of drug-likeness (QED) is 0.720. The summed E-state index contributed by atoms with van der Waals surface area (Å²) in [6.45, 7) is 1.88. The van der Waals surface area contributed by atoms with Crippen LogP contribution in [0.3, 0.4) is 0 Å². The van der Waals surface area contributed by atoms with Gasteiger partial charge in [-0.1, -0.05) is 6.42 Å². The number of nitrogens with two attached hydrogens (primary N) is 1. The number of sulfone groups is 1. The molecule has 1 aliphatic carbocycles. The van der Waals surface area contributed by atoms with Crippen LogP contribution in [0.2, 0.25) is 0 Å². The minimum Gasteiger partial charge on any atom is -0.352 e. The number of carbonyl (C=O) groups is 1. The Labute approximate surface area is 102 Å². The highest BCUT2D eigenvalue weighted by molar-refractivity contribution is 7.91. The summed E-state index contributed by atoms with van der Waals surface area (Å²) in [6.07, 6.45) is 3.15. The Morgan fingerprint density at radius 2 is 2.12 bits per heavy atom. The molecule has 6 heteroatoms. The Hall–Kier alpha value is -0.620. The third-order valence-corrected chi connectivity index (χ3v) is 5.88. The Morgan fingerprint density at radius 3 is 2.59 bits per heavy atom. The van der Waals surface area contributed by atoms with Gasteiger partial charge in [0.1, 0.15) is 0 Å². The van der Waals surface area contributed by atoms with E-state index in [4.69, 9.17) is 5.73 Å². The van der Waals surface area contributed by atoms with Crippen LogP contribution in [0.4, 0.5) is 0 Å². The van der Waals surface area contributed by atoms with Crippen LogP contribution in [-0.4, -0.2) is 37.9 Å². The van der Waals surface area contributed by atoms with Gasteiger partial charge < -0.3 is 11.1 Å². The lowest BCUT2D eigenvalue weighted by atomic mass is 9.84. The molecule has 1 aliphatic heterocycles. The van der Waals surface area contributed by atoms with Crippen LogP contribution in [-0.2, 0) is 14.6 Å². The van der Waals surface area contributed by atoms with Gasteiger partial charge in [-0.25, -0.2) is 8.42 Å². The summed E-state index contributed by atoms with van der Waals surface area (Å²) in [7, 11) is -2.94. The van der Waals surface area contributed by atoms with E-state index in [0.717, 1.165) is 19.3 Å². The van der Waals surface area contributed by atoms with Crippen molar-refractivity contribution in [3.05, 3.63) is 0 Å². The lowest BCUT2D eigenvalue weighted by Gasteiger charge is -2.29. The Balaban J connectivity index is 1.98. The van der Waals surface area contributed by atoms with Crippen molar-refractivity contribution in [1.82, 2.24) is 5.32 Å². The van der Waals surface area contributed by atoms with E-state index in [9.17, 15) is 13.2 Å². The summed E-state index contributed by atoms with van der Waals surface area (Å²) >= 11 is 0. The summed E-state index contributed by atoms with van der Waals surface area (Å²) in [5.41, 5.74) is 5.44. The Kier molecular flexibility index (Phi) is 3.20. The predicted octanol–water partition coefficient (Wildman–Crippen LogP) is -0.193. The number of carbonyl (C=O) groups excluding carboxylic acids is 1. The minimum absolute atomic E-state index is 0.0735. The number of hydrogen-bond acceptors (Lipinski definition) is 4. The van der Waals surface area contributed by atoms with Gasteiger partial charge in [0, 0.05) is 12.1 Å². The zero-order valence-electron chi connectivity index (χ0n) is 10.1. The molecule has 3 unspecified atom stereocenters. The van der Waals surface area contributed by atoms with E-state index in [1.807, 2.05) is 6.92 Å². The first kappa shape index (κ1) is 12.8. The second-order valence-electron chi connectivity index (χ2n) is 5.49. The molecular formula is C11H20N2O3S. The Morgan fingerprint density at radius 1 is 1.41 bits per heavy atom. The summed E-state index contributed by atoms with van der Waals surface area (Å²) in [4.78, 5) is 12.2. The van der Waals surface area contributed by atoms with E-state index in [0.29, 0.717) is 6.42 Å². The van der Waals surface area contributed by atoms with E-state index in [1.54, 1.807) is 0 Å². The monoisotopic (exact) mass is 260 g/mol. The van der Waals surface area contributed by atoms with Crippen molar-refractivity contribution in [2.75, 3.05) is 11.5 Å². The van der Waals surface area contributed by atoms with Crippen LogP contribution in [0, 0.1) is 5.41 Å². The molecule has 2 fully saturated rings. The first-order valence-corrected chi connectivity index (χ1v) is 7.93. The third kappa shape index (κ3) is 2.47. The highest BCUT2D eigenvalue weighted by Gasteiger charge is 2.44. The van der Waals surface area contributed by atoms with Gasteiger partial charge in [0.15, 0.2) is 9.84 Å². The maximum absolute atomic E-state index is 12.2. The molecule has 1 heterocycles. The molecule has 1 saturated heterocycles. The summed E-state index contributed by atoms with van der Waals surface area (Å²) in [5.74, 6) is 0.176. The first-order valence-electron chi connectivity index (χ1n) is 6.10. The molecule has 5 nitrogen and oxygen atoms in total. The molecule has 3 N–H and O–H groups in total. The van der Waals surface area contributed by atoms with E-state index in [-0.39, 0.29) is 29.5 Å². The number of amides is 1. The van der Waals surface area contributed by atoms with Crippen molar-refractivity contribution in [3.8, 4) is 0 Å². The van der Waals surface area contributed by atoms with Crippen LogP contribution in [0.1, 0.15) is 32.6 Å². The average molecular weight is 260 g/mol. The van der Waals surface area contributed by atoms with Gasteiger partial charge >= 0.3 is 0 Å². The van der Waals surface area contributed by atoms with E-state index in [2.05, 4.69) is 5.32 Å². The Bertz CT molecular complexity index is 420. The van der Waals surface area contributed by atoms with Gasteiger partial charge in [-0.15, -0.1) is 0 Å². The highest BCUT2D eigenvalue weighted by atomic mass is 32.2. The van der Waals surface area contributed by atoms with E-state index >= 15 is 0 Å². The van der Waals surface area contributed by atoms with Crippen LogP contribution in [0.25, 0.3) is 0 Å². The number of hydrogen-bond donors (Lipinski definition) is 2. The molecule has 2 rings (SSSR count). The van der Waals surface area contributed by atoms with Crippen molar-refractivity contribution >= 4 is 15.7 Å². The maximum Gasteiger partial charge on any atom is 0.227 e. The zero-order chi connectivity index (χ0) is 12.7. The minimum atomic E-state index is -2.94. The molecule has 0 aromatic heterocycles. The van der Waals surface area contributed by atoms with Crippen molar-refractivity contribution in [2.24, 2.45) is 11.1 Å². The van der Waals surface area contributed by atoms with E-state index in [1.165, 1.54) is 0 Å². The molecular weight excluding hydrogens is 240 g/mol. The van der Waals surface area contributed by atoms with Gasteiger partial charge in [0.25, 0.3) is 0 Å². The second-order valence-corrected chi connectivity index (χ2v) is 7.72. The van der Waals surface area contributed by atoms with Crippen molar-refractivity contribution in [3.63, 3.8) is 0 Å². The van der Waals surface area contributed by atoms with Crippen molar-refractivity contribution in [2.45, 2.75) is 44.7 Å². The van der Waals surface area contributed by atoms with E-state index < -0.39 is 15.3 Å². The topological polar surface area (TPSA) is 89.3 Å². The number of rotatable bonds is 2. The molecule has 17 heavy (non-hydrogen) atoms. The molecule has 2 aliphatic rings. The highest BCUT2D eigenvalue weighted by Crippen LogP contribution is 2.37. The molecule has 0 radical (unpaired) electrons. The normalized spacial score (nSPS) is 40.4. The van der Waals surface area contributed by atoms with Gasteiger partial charge in [0.2, 0.25) is 5.91 Å². The second kappa shape index (κ2) is 4.24. The molecule has 1 amide bonds. The fourth-order valence-electron chi connectivity index (χ4n) is 2.73. The fraction of sp³-hybridized carbons (Fsp3) is 0.909. The molecule has 1 saturated carbocycles. The SMILES string of the molecule is CC1(C(=O)NC2CCS(=O)(=O)C2)CCCC1N. The van der Waals surface area contributed by atoms with Crippen molar-refractivity contribution < 1.29 is 13.2 Å². The zero-order valence-corrected chi connectivity index (χ0v) is 10.9. The van der Waals surface area contributed by atoms with Gasteiger partial charge in [0.05, 0.1) is 16.9 Å². The largest absolute Gasteiger partial charge is 0.352 e. The summed E-state index contributed by atoms with van der Waals surface area (Å²) in [6, 6.07) is -0.336. The maximum atomic E-state index is 12.2. The first-order chi connectivity index (χ1) is 7.83. The van der Waals surface area contributed by atoms with Crippen LogP contribution in [0.15, 0.2) is 0 Å². The molecule has 0 aromatic rings. The summed E-state index contributed by atoms with van der Waals surface area (Å²) in [5, 5.41) is 2.85. The molecule has 0 aromatic carbocycles. The fourth-order valence-corrected chi connectivity index (χ4v) is 4.41. The standard InChI is InChI=1S/C11H20N2O3S/c1-11(5-2-3-9(11)12)10(14)13-8-4-6-17(15,16)7-8/h8-9H,2-7,12H2,1H3,(H,13,14). The van der Waals surface area contributed by atoms with Crippen LogP contribution >= 0.6 is 0 Å². The van der Waals surface area contributed by atoms with Crippen LogP contribution in [0.5, 0.6) is 0 Å².